The fourth-order valence-corrected chi connectivity index (χ4v) is 1.45. The molecule has 0 amide bonds. The topological polar surface area (TPSA) is 57.0 Å². The maximum atomic E-state index is 5.53. The van der Waals surface area contributed by atoms with Crippen molar-refractivity contribution in [2.45, 2.75) is 0 Å². The molecule has 0 bridgehead atoms. The quantitative estimate of drug-likeness (QED) is 0.665. The van der Waals surface area contributed by atoms with Crippen molar-refractivity contribution >= 4 is 0 Å². The third-order valence-electron chi connectivity index (χ3n) is 2.29. The highest BCUT2D eigenvalue weighted by Crippen LogP contribution is 1.91. The van der Waals surface area contributed by atoms with E-state index in [0.29, 0.717) is 33.0 Å². The summed E-state index contributed by atoms with van der Waals surface area (Å²) < 4.78 is 16.2. The zero-order chi connectivity index (χ0) is 10.8. The first-order valence-electron chi connectivity index (χ1n) is 5.59. The van der Waals surface area contributed by atoms with Gasteiger partial charge < -0.3 is 19.9 Å². The van der Waals surface area contributed by atoms with E-state index in [9.17, 15) is 0 Å². The molecule has 1 aliphatic rings. The number of hydrogen-bond acceptors (Lipinski definition) is 5. The van der Waals surface area contributed by atoms with Gasteiger partial charge in [-0.2, -0.15) is 0 Å². The van der Waals surface area contributed by atoms with Crippen LogP contribution in [0.25, 0.3) is 0 Å². The van der Waals surface area contributed by atoms with Gasteiger partial charge >= 0.3 is 0 Å². The lowest BCUT2D eigenvalue weighted by Crippen LogP contribution is -2.35. The molecule has 0 aromatic heterocycles. The van der Waals surface area contributed by atoms with Crippen LogP contribution in [0.2, 0.25) is 0 Å². The number of nitrogens with zero attached hydrogens (tertiary/aromatic N) is 1. The molecule has 0 unspecified atom stereocenters. The molecule has 1 fully saturated rings. The van der Waals surface area contributed by atoms with Crippen molar-refractivity contribution < 1.29 is 14.2 Å². The van der Waals surface area contributed by atoms with E-state index in [1.54, 1.807) is 0 Å². The van der Waals surface area contributed by atoms with E-state index in [-0.39, 0.29) is 0 Å². The first-order valence-corrected chi connectivity index (χ1v) is 5.59. The number of ether oxygens (including phenoxy) is 3. The summed E-state index contributed by atoms with van der Waals surface area (Å²) in [6, 6.07) is 0. The van der Waals surface area contributed by atoms with Gasteiger partial charge in [-0.25, -0.2) is 0 Å². The van der Waals surface area contributed by atoms with Gasteiger partial charge in [-0.05, 0) is 0 Å². The Morgan fingerprint density at radius 3 is 1.73 bits per heavy atom. The maximum absolute atomic E-state index is 5.53. The molecule has 1 saturated heterocycles. The van der Waals surface area contributed by atoms with Gasteiger partial charge in [0.1, 0.15) is 0 Å². The number of rotatable bonds is 2. The van der Waals surface area contributed by atoms with Crippen LogP contribution < -0.4 is 5.73 Å². The van der Waals surface area contributed by atoms with Crippen molar-refractivity contribution in [3.63, 3.8) is 0 Å². The molecule has 0 aromatic rings. The van der Waals surface area contributed by atoms with Crippen molar-refractivity contribution in [2.75, 3.05) is 65.8 Å². The molecule has 90 valence electrons. The first kappa shape index (κ1) is 12.9. The van der Waals surface area contributed by atoms with Crippen molar-refractivity contribution in [3.8, 4) is 0 Å². The molecule has 1 aliphatic heterocycles. The zero-order valence-corrected chi connectivity index (χ0v) is 9.32. The number of hydrogen-bond donors (Lipinski definition) is 1. The summed E-state index contributed by atoms with van der Waals surface area (Å²) in [6.07, 6.45) is 0. The molecule has 0 spiro atoms. The minimum absolute atomic E-state index is 0.653. The van der Waals surface area contributed by atoms with Gasteiger partial charge in [0, 0.05) is 26.2 Å². The van der Waals surface area contributed by atoms with Crippen molar-refractivity contribution in [1.82, 2.24) is 4.90 Å². The van der Waals surface area contributed by atoms with Crippen molar-refractivity contribution in [1.29, 1.82) is 0 Å². The van der Waals surface area contributed by atoms with Gasteiger partial charge in [-0.15, -0.1) is 0 Å². The summed E-state index contributed by atoms with van der Waals surface area (Å²) >= 11 is 0. The average molecular weight is 218 g/mol. The van der Waals surface area contributed by atoms with Crippen LogP contribution in [0.5, 0.6) is 0 Å². The lowest BCUT2D eigenvalue weighted by molar-refractivity contribution is -0.00543. The van der Waals surface area contributed by atoms with Gasteiger partial charge in [-0.1, -0.05) is 0 Å². The minimum atomic E-state index is 0.653. The Morgan fingerprint density at radius 1 is 0.800 bits per heavy atom. The predicted molar refractivity (Wildman–Crippen MR) is 58.0 cm³/mol. The molecule has 1 heterocycles. The van der Waals surface area contributed by atoms with Crippen LogP contribution in [0.1, 0.15) is 0 Å². The normalized spacial score (nSPS) is 23.0. The van der Waals surface area contributed by atoms with E-state index in [2.05, 4.69) is 4.90 Å². The zero-order valence-electron chi connectivity index (χ0n) is 9.32. The Bertz CT molecular complexity index is 135. The molecular formula is C10H22N2O3. The Morgan fingerprint density at radius 2 is 1.27 bits per heavy atom. The Balaban J connectivity index is 2.19. The molecule has 0 aliphatic carbocycles. The second-order valence-electron chi connectivity index (χ2n) is 3.47. The van der Waals surface area contributed by atoms with Crippen molar-refractivity contribution in [3.05, 3.63) is 0 Å². The van der Waals surface area contributed by atoms with Gasteiger partial charge in [0.05, 0.1) is 39.6 Å². The smallest absolute Gasteiger partial charge is 0.0701 e. The summed E-state index contributed by atoms with van der Waals surface area (Å²) in [5.74, 6) is 0. The average Bonchev–Trinajstić information content (AvgIpc) is 2.22. The highest BCUT2D eigenvalue weighted by molar-refractivity contribution is 4.57. The van der Waals surface area contributed by atoms with Crippen LogP contribution >= 0.6 is 0 Å². The largest absolute Gasteiger partial charge is 0.378 e. The summed E-state index contributed by atoms with van der Waals surface area (Å²) in [6.45, 7) is 7.54. The van der Waals surface area contributed by atoms with Crippen LogP contribution in [0, 0.1) is 0 Å². The van der Waals surface area contributed by atoms with E-state index in [1.165, 1.54) is 0 Å². The summed E-state index contributed by atoms with van der Waals surface area (Å²) in [5.41, 5.74) is 5.53. The third kappa shape index (κ3) is 6.81. The second kappa shape index (κ2) is 9.06. The lowest BCUT2D eigenvalue weighted by Gasteiger charge is -2.22. The van der Waals surface area contributed by atoms with Crippen LogP contribution in [-0.4, -0.2) is 70.7 Å². The van der Waals surface area contributed by atoms with E-state index < -0.39 is 0 Å². The molecule has 5 heteroatoms. The van der Waals surface area contributed by atoms with Gasteiger partial charge in [0.2, 0.25) is 0 Å². The van der Waals surface area contributed by atoms with E-state index in [1.807, 2.05) is 0 Å². The van der Waals surface area contributed by atoms with Crippen LogP contribution in [-0.2, 0) is 14.2 Å². The number of nitrogens with two attached hydrogens (primary N) is 1. The predicted octanol–water partition coefficient (Wildman–Crippen LogP) is -0.689. The molecule has 0 saturated carbocycles. The fraction of sp³-hybridized carbons (Fsp3) is 1.00. The van der Waals surface area contributed by atoms with E-state index in [4.69, 9.17) is 19.9 Å². The molecule has 15 heavy (non-hydrogen) atoms. The molecule has 2 N–H and O–H groups in total. The van der Waals surface area contributed by atoms with Gasteiger partial charge in [0.25, 0.3) is 0 Å². The van der Waals surface area contributed by atoms with Crippen LogP contribution in [0.15, 0.2) is 0 Å². The molecule has 0 aromatic carbocycles. The molecule has 0 atom stereocenters. The molecule has 5 nitrogen and oxygen atoms in total. The van der Waals surface area contributed by atoms with Gasteiger partial charge in [0.15, 0.2) is 0 Å². The van der Waals surface area contributed by atoms with E-state index in [0.717, 1.165) is 32.8 Å². The standard InChI is InChI=1S/C10H22N2O3/c11-1-2-12-3-5-13-7-9-15-10-8-14-6-4-12/h1-11H2. The Kier molecular flexibility index (Phi) is 7.77. The molecule has 1 rings (SSSR count). The highest BCUT2D eigenvalue weighted by atomic mass is 16.5. The first-order chi connectivity index (χ1) is 7.43. The van der Waals surface area contributed by atoms with E-state index >= 15 is 0 Å². The van der Waals surface area contributed by atoms with Crippen LogP contribution in [0.3, 0.4) is 0 Å². The summed E-state index contributed by atoms with van der Waals surface area (Å²) in [4.78, 5) is 2.27. The summed E-state index contributed by atoms with van der Waals surface area (Å²) in [7, 11) is 0. The summed E-state index contributed by atoms with van der Waals surface area (Å²) in [5, 5.41) is 0. The Labute approximate surface area is 91.5 Å². The fourth-order valence-electron chi connectivity index (χ4n) is 1.45. The SMILES string of the molecule is NCCN1CCOCCOCCOCC1. The third-order valence-corrected chi connectivity index (χ3v) is 2.29. The lowest BCUT2D eigenvalue weighted by atomic mass is 10.4. The van der Waals surface area contributed by atoms with Crippen molar-refractivity contribution in [2.24, 2.45) is 5.73 Å². The molecular weight excluding hydrogens is 196 g/mol. The van der Waals surface area contributed by atoms with Crippen LogP contribution in [0.4, 0.5) is 0 Å². The highest BCUT2D eigenvalue weighted by Gasteiger charge is 2.04. The monoisotopic (exact) mass is 218 g/mol. The molecule has 0 radical (unpaired) electrons. The van der Waals surface area contributed by atoms with Gasteiger partial charge in [-0.3, -0.25) is 4.90 Å². The maximum Gasteiger partial charge on any atom is 0.0701 e. The second-order valence-corrected chi connectivity index (χ2v) is 3.47. The minimum Gasteiger partial charge on any atom is -0.378 e. The Hall–Kier alpha value is -0.200.